The molecule has 5 nitrogen and oxygen atoms in total. The summed E-state index contributed by atoms with van der Waals surface area (Å²) in [7, 11) is 1.59. The van der Waals surface area contributed by atoms with Gasteiger partial charge in [0.05, 0.1) is 5.56 Å². The number of nitrogen functional groups attached to an aromatic ring is 1. The Morgan fingerprint density at radius 3 is 2.67 bits per heavy atom. The first kappa shape index (κ1) is 13.6. The Labute approximate surface area is 122 Å². The number of amides is 2. The van der Waals surface area contributed by atoms with Gasteiger partial charge in [0.25, 0.3) is 11.8 Å². The number of rotatable bonds is 4. The molecule has 0 atom stereocenters. The summed E-state index contributed by atoms with van der Waals surface area (Å²) < 4.78 is 4.98. The van der Waals surface area contributed by atoms with Gasteiger partial charge in [-0.1, -0.05) is 12.1 Å². The molecule has 2 aromatic carbocycles. The molecule has 21 heavy (non-hydrogen) atoms. The third-order valence-electron chi connectivity index (χ3n) is 3.68. The van der Waals surface area contributed by atoms with Crippen LogP contribution in [0.3, 0.4) is 0 Å². The average Bonchev–Trinajstić information content (AvgIpc) is 2.47. The lowest BCUT2D eigenvalue weighted by Crippen LogP contribution is -2.41. The van der Waals surface area contributed by atoms with Crippen LogP contribution >= 0.6 is 0 Å². The number of carbonyl (C=O) groups is 2. The van der Waals surface area contributed by atoms with Gasteiger partial charge in [0, 0.05) is 36.9 Å². The van der Waals surface area contributed by atoms with Crippen LogP contribution in [0.25, 0.3) is 10.8 Å². The maximum absolute atomic E-state index is 12.6. The van der Waals surface area contributed by atoms with Crippen LogP contribution in [-0.4, -0.2) is 37.0 Å². The molecular formula is C16H16N2O3. The van der Waals surface area contributed by atoms with E-state index < -0.39 is 0 Å². The normalized spacial score (nSPS) is 14.0. The van der Waals surface area contributed by atoms with E-state index in [4.69, 9.17) is 10.5 Å². The highest BCUT2D eigenvalue weighted by atomic mass is 16.5. The van der Waals surface area contributed by atoms with Crippen molar-refractivity contribution in [3.8, 4) is 0 Å². The summed E-state index contributed by atoms with van der Waals surface area (Å²) >= 11 is 0. The fourth-order valence-corrected chi connectivity index (χ4v) is 2.75. The molecule has 0 saturated carbocycles. The van der Waals surface area contributed by atoms with E-state index in [1.807, 2.05) is 12.1 Å². The largest absolute Gasteiger partial charge is 0.399 e. The summed E-state index contributed by atoms with van der Waals surface area (Å²) in [4.78, 5) is 26.4. The smallest absolute Gasteiger partial charge is 0.261 e. The molecule has 0 aromatic heterocycles. The zero-order valence-corrected chi connectivity index (χ0v) is 11.8. The molecule has 1 aliphatic heterocycles. The van der Waals surface area contributed by atoms with E-state index in [2.05, 4.69) is 0 Å². The second kappa shape index (κ2) is 5.18. The van der Waals surface area contributed by atoms with Crippen molar-refractivity contribution in [1.29, 1.82) is 0 Å². The van der Waals surface area contributed by atoms with Crippen LogP contribution in [0.2, 0.25) is 0 Å². The Balaban J connectivity index is 2.11. The number of hydrogen-bond donors (Lipinski definition) is 1. The fourth-order valence-electron chi connectivity index (χ4n) is 2.75. The number of benzene rings is 2. The molecule has 1 aliphatic rings. The van der Waals surface area contributed by atoms with Crippen molar-refractivity contribution in [3.63, 3.8) is 0 Å². The summed E-state index contributed by atoms with van der Waals surface area (Å²) in [6.45, 7) is 0.848. The minimum atomic E-state index is -0.285. The Hall–Kier alpha value is -2.40. The predicted octanol–water partition coefficient (Wildman–Crippen LogP) is 2.05. The maximum Gasteiger partial charge on any atom is 0.261 e. The fraction of sp³-hybridized carbons (Fsp3) is 0.250. The average molecular weight is 284 g/mol. The minimum absolute atomic E-state index is 0.251. The van der Waals surface area contributed by atoms with Gasteiger partial charge < -0.3 is 10.5 Å². The van der Waals surface area contributed by atoms with Gasteiger partial charge in [-0.05, 0) is 30.0 Å². The Kier molecular flexibility index (Phi) is 3.35. The van der Waals surface area contributed by atoms with Crippen molar-refractivity contribution in [2.45, 2.75) is 6.42 Å². The van der Waals surface area contributed by atoms with E-state index in [9.17, 15) is 9.59 Å². The van der Waals surface area contributed by atoms with E-state index in [0.29, 0.717) is 41.8 Å². The maximum atomic E-state index is 12.6. The summed E-state index contributed by atoms with van der Waals surface area (Å²) in [5.41, 5.74) is 7.44. The summed E-state index contributed by atoms with van der Waals surface area (Å²) in [5.74, 6) is -0.536. The number of imide groups is 1. The highest BCUT2D eigenvalue weighted by Crippen LogP contribution is 2.31. The third kappa shape index (κ3) is 2.15. The van der Waals surface area contributed by atoms with Gasteiger partial charge in [-0.3, -0.25) is 14.5 Å². The van der Waals surface area contributed by atoms with E-state index in [1.54, 1.807) is 25.3 Å². The van der Waals surface area contributed by atoms with E-state index in [0.717, 1.165) is 5.39 Å². The monoisotopic (exact) mass is 284 g/mol. The number of anilines is 1. The first-order valence-corrected chi connectivity index (χ1v) is 6.81. The number of nitrogens with zero attached hydrogens (tertiary/aromatic N) is 1. The molecule has 0 radical (unpaired) electrons. The molecule has 3 rings (SSSR count). The van der Waals surface area contributed by atoms with Crippen LogP contribution in [0.5, 0.6) is 0 Å². The lowest BCUT2D eigenvalue weighted by atomic mass is 9.93. The second-order valence-electron chi connectivity index (χ2n) is 5.08. The molecule has 0 bridgehead atoms. The van der Waals surface area contributed by atoms with Gasteiger partial charge in [0.15, 0.2) is 0 Å². The van der Waals surface area contributed by atoms with Gasteiger partial charge >= 0.3 is 0 Å². The zero-order valence-electron chi connectivity index (χ0n) is 11.8. The molecule has 0 fully saturated rings. The molecule has 2 N–H and O–H groups in total. The summed E-state index contributed by atoms with van der Waals surface area (Å²) in [6.07, 6.45) is 0.613. The van der Waals surface area contributed by atoms with Crippen molar-refractivity contribution in [1.82, 2.24) is 4.90 Å². The van der Waals surface area contributed by atoms with Crippen LogP contribution in [-0.2, 0) is 4.74 Å². The number of methoxy groups -OCH3 is 1. The SMILES string of the molecule is COCCCN1C(=O)c2cccc3cc(N)cc(c23)C1=O. The summed E-state index contributed by atoms with van der Waals surface area (Å²) in [5, 5.41) is 1.52. The van der Waals surface area contributed by atoms with E-state index in [1.165, 1.54) is 4.90 Å². The molecule has 0 saturated heterocycles. The molecule has 108 valence electrons. The Bertz CT molecular complexity index is 740. The molecule has 0 spiro atoms. The number of hydrogen-bond acceptors (Lipinski definition) is 4. The van der Waals surface area contributed by atoms with E-state index in [-0.39, 0.29) is 11.8 Å². The quantitative estimate of drug-likeness (QED) is 0.530. The van der Waals surface area contributed by atoms with Gasteiger partial charge in [-0.25, -0.2) is 0 Å². The topological polar surface area (TPSA) is 72.6 Å². The van der Waals surface area contributed by atoms with Gasteiger partial charge in [-0.15, -0.1) is 0 Å². The van der Waals surface area contributed by atoms with Crippen LogP contribution < -0.4 is 5.73 Å². The lowest BCUT2D eigenvalue weighted by molar-refractivity contribution is 0.0595. The van der Waals surface area contributed by atoms with Gasteiger partial charge in [0.2, 0.25) is 0 Å². The van der Waals surface area contributed by atoms with Crippen molar-refractivity contribution in [3.05, 3.63) is 41.5 Å². The Morgan fingerprint density at radius 2 is 1.90 bits per heavy atom. The minimum Gasteiger partial charge on any atom is -0.399 e. The lowest BCUT2D eigenvalue weighted by Gasteiger charge is -2.27. The number of ether oxygens (including phenoxy) is 1. The molecule has 2 aromatic rings. The first-order chi connectivity index (χ1) is 10.1. The highest BCUT2D eigenvalue weighted by molar-refractivity contribution is 6.25. The van der Waals surface area contributed by atoms with Crippen molar-refractivity contribution >= 4 is 28.3 Å². The summed E-state index contributed by atoms with van der Waals surface area (Å²) in [6, 6.07) is 8.84. The second-order valence-corrected chi connectivity index (χ2v) is 5.08. The number of carbonyl (C=O) groups excluding carboxylic acids is 2. The number of nitrogens with two attached hydrogens (primary N) is 1. The van der Waals surface area contributed by atoms with Crippen LogP contribution in [0.15, 0.2) is 30.3 Å². The standard InChI is InChI=1S/C16H16N2O3/c1-21-7-3-6-18-15(19)12-5-2-4-10-8-11(17)9-13(14(10)12)16(18)20/h2,4-5,8-9H,3,6-7,17H2,1H3. The van der Waals surface area contributed by atoms with Crippen molar-refractivity contribution < 1.29 is 14.3 Å². The van der Waals surface area contributed by atoms with Gasteiger partial charge in [0.1, 0.15) is 0 Å². The molecule has 0 aliphatic carbocycles. The van der Waals surface area contributed by atoms with Gasteiger partial charge in [-0.2, -0.15) is 0 Å². The molecule has 0 unspecified atom stereocenters. The predicted molar refractivity (Wildman–Crippen MR) is 80.2 cm³/mol. The third-order valence-corrected chi connectivity index (χ3v) is 3.68. The highest BCUT2D eigenvalue weighted by Gasteiger charge is 2.32. The Morgan fingerprint density at radius 1 is 1.14 bits per heavy atom. The van der Waals surface area contributed by atoms with Crippen molar-refractivity contribution in [2.24, 2.45) is 0 Å². The van der Waals surface area contributed by atoms with Crippen LogP contribution in [0.1, 0.15) is 27.1 Å². The molecular weight excluding hydrogens is 268 g/mol. The molecule has 1 heterocycles. The van der Waals surface area contributed by atoms with Crippen LogP contribution in [0, 0.1) is 0 Å². The van der Waals surface area contributed by atoms with Crippen LogP contribution in [0.4, 0.5) is 5.69 Å². The van der Waals surface area contributed by atoms with Crippen molar-refractivity contribution in [2.75, 3.05) is 26.0 Å². The van der Waals surface area contributed by atoms with E-state index >= 15 is 0 Å². The zero-order chi connectivity index (χ0) is 15.0. The molecule has 2 amide bonds. The first-order valence-electron chi connectivity index (χ1n) is 6.81. The molecule has 5 heteroatoms.